The molecule has 2 atom stereocenters. The van der Waals surface area contributed by atoms with Crippen LogP contribution in [0, 0.1) is 11.8 Å². The molecule has 5 nitrogen and oxygen atoms in total. The summed E-state index contributed by atoms with van der Waals surface area (Å²) in [5.74, 6) is -0.465. The fourth-order valence-corrected chi connectivity index (χ4v) is 3.93. The van der Waals surface area contributed by atoms with Gasteiger partial charge < -0.3 is 4.74 Å². The molecule has 1 aliphatic rings. The number of carbonyl (C=O) groups is 1. The Kier molecular flexibility index (Phi) is 6.90. The van der Waals surface area contributed by atoms with E-state index in [4.69, 9.17) is 4.74 Å². The van der Waals surface area contributed by atoms with Crippen LogP contribution in [-0.4, -0.2) is 35.8 Å². The van der Waals surface area contributed by atoms with E-state index >= 15 is 0 Å². The van der Waals surface area contributed by atoms with Gasteiger partial charge in [-0.1, -0.05) is 45.2 Å². The number of esters is 1. The average Bonchev–Trinajstić information content (AvgIpc) is 3.06. The summed E-state index contributed by atoms with van der Waals surface area (Å²) in [6.07, 6.45) is 9.67. The van der Waals surface area contributed by atoms with Crippen LogP contribution in [0.3, 0.4) is 0 Å². The SMILES string of the molecule is CCCCC(CC)COC(=O)C(C=NC)C1c2cccnc2-c2ncccc21. The van der Waals surface area contributed by atoms with Gasteiger partial charge in [0.05, 0.1) is 18.0 Å². The number of hydrogen-bond donors (Lipinski definition) is 0. The third-order valence-electron chi connectivity index (χ3n) is 5.52. The van der Waals surface area contributed by atoms with Gasteiger partial charge in [-0.3, -0.25) is 19.8 Å². The van der Waals surface area contributed by atoms with Crippen LogP contribution in [0.15, 0.2) is 41.7 Å². The first-order valence-corrected chi connectivity index (χ1v) is 10.2. The van der Waals surface area contributed by atoms with Gasteiger partial charge in [0.2, 0.25) is 0 Å². The molecule has 148 valence electrons. The number of unbranched alkanes of at least 4 members (excludes halogenated alkanes) is 1. The van der Waals surface area contributed by atoms with Crippen LogP contribution in [0.25, 0.3) is 11.4 Å². The van der Waals surface area contributed by atoms with E-state index in [0.717, 1.165) is 48.2 Å². The Morgan fingerprint density at radius 3 is 2.36 bits per heavy atom. The van der Waals surface area contributed by atoms with E-state index in [1.807, 2.05) is 24.3 Å². The summed E-state index contributed by atoms with van der Waals surface area (Å²) in [5, 5.41) is 0. The van der Waals surface area contributed by atoms with Gasteiger partial charge >= 0.3 is 5.97 Å². The zero-order chi connectivity index (χ0) is 19.9. The van der Waals surface area contributed by atoms with Gasteiger partial charge in [-0.15, -0.1) is 0 Å². The smallest absolute Gasteiger partial charge is 0.315 e. The molecule has 0 bridgehead atoms. The molecular weight excluding hydrogens is 350 g/mol. The molecule has 0 saturated carbocycles. The largest absolute Gasteiger partial charge is 0.465 e. The zero-order valence-electron chi connectivity index (χ0n) is 17.0. The molecule has 0 fully saturated rings. The Balaban J connectivity index is 1.85. The van der Waals surface area contributed by atoms with Crippen LogP contribution < -0.4 is 0 Å². The summed E-state index contributed by atoms with van der Waals surface area (Å²) in [7, 11) is 1.69. The molecular formula is C23H29N3O2. The lowest BCUT2D eigenvalue weighted by Gasteiger charge is -2.22. The molecule has 0 spiro atoms. The van der Waals surface area contributed by atoms with Crippen molar-refractivity contribution >= 4 is 12.2 Å². The maximum Gasteiger partial charge on any atom is 0.315 e. The Hall–Kier alpha value is -2.56. The van der Waals surface area contributed by atoms with Crippen molar-refractivity contribution in [2.45, 2.75) is 45.4 Å². The van der Waals surface area contributed by atoms with Crippen molar-refractivity contribution in [2.75, 3.05) is 13.7 Å². The fraction of sp³-hybridized carbons (Fsp3) is 0.478. The Labute approximate surface area is 167 Å². The lowest BCUT2D eigenvalue weighted by molar-refractivity contribution is -0.147. The number of nitrogens with zero attached hydrogens (tertiary/aromatic N) is 3. The van der Waals surface area contributed by atoms with Gasteiger partial charge in [-0.2, -0.15) is 0 Å². The van der Waals surface area contributed by atoms with Crippen molar-refractivity contribution in [3.8, 4) is 11.4 Å². The summed E-state index contributed by atoms with van der Waals surface area (Å²) in [6.45, 7) is 4.80. The molecule has 0 radical (unpaired) electrons. The number of aromatic nitrogens is 2. The minimum absolute atomic E-state index is 0.167. The second-order valence-corrected chi connectivity index (χ2v) is 7.34. The number of carbonyl (C=O) groups excluding carboxylic acids is 1. The molecule has 2 aromatic rings. The minimum atomic E-state index is -0.484. The van der Waals surface area contributed by atoms with Crippen LogP contribution >= 0.6 is 0 Å². The molecule has 2 unspecified atom stereocenters. The van der Waals surface area contributed by atoms with Crippen LogP contribution in [0.5, 0.6) is 0 Å². The highest BCUT2D eigenvalue weighted by Gasteiger charge is 2.39. The van der Waals surface area contributed by atoms with E-state index in [0.29, 0.717) is 12.5 Å². The molecule has 0 amide bonds. The van der Waals surface area contributed by atoms with Crippen molar-refractivity contribution < 1.29 is 9.53 Å². The highest BCUT2D eigenvalue weighted by molar-refractivity contribution is 5.93. The van der Waals surface area contributed by atoms with Gasteiger partial charge in [0.15, 0.2) is 0 Å². The summed E-state index contributed by atoms with van der Waals surface area (Å²) in [5.41, 5.74) is 3.71. The molecule has 0 N–H and O–H groups in total. The first kappa shape index (κ1) is 20.2. The zero-order valence-corrected chi connectivity index (χ0v) is 17.0. The number of fused-ring (bicyclic) bond motifs is 3. The quantitative estimate of drug-likeness (QED) is 0.469. The van der Waals surface area contributed by atoms with Crippen LogP contribution in [0.2, 0.25) is 0 Å². The van der Waals surface area contributed by atoms with Crippen molar-refractivity contribution in [1.82, 2.24) is 9.97 Å². The summed E-state index contributed by atoms with van der Waals surface area (Å²) in [4.78, 5) is 26.3. The average molecular weight is 380 g/mol. The van der Waals surface area contributed by atoms with Crippen LogP contribution in [-0.2, 0) is 9.53 Å². The molecule has 5 heteroatoms. The molecule has 2 heterocycles. The Morgan fingerprint density at radius 2 is 1.82 bits per heavy atom. The van der Waals surface area contributed by atoms with Crippen LogP contribution in [0.4, 0.5) is 0 Å². The highest BCUT2D eigenvalue weighted by Crippen LogP contribution is 2.45. The molecule has 28 heavy (non-hydrogen) atoms. The number of ether oxygens (including phenoxy) is 1. The molecule has 1 aliphatic carbocycles. The highest BCUT2D eigenvalue weighted by atomic mass is 16.5. The van der Waals surface area contributed by atoms with E-state index in [9.17, 15) is 4.79 Å². The number of aliphatic imine (C=N–C) groups is 1. The van der Waals surface area contributed by atoms with Gasteiger partial charge in [0, 0.05) is 31.6 Å². The second-order valence-electron chi connectivity index (χ2n) is 7.34. The predicted octanol–water partition coefficient (Wildman–Crippen LogP) is 4.67. The molecule has 0 saturated heterocycles. The van der Waals surface area contributed by atoms with Gasteiger partial charge in [0.25, 0.3) is 0 Å². The minimum Gasteiger partial charge on any atom is -0.465 e. The Morgan fingerprint density at radius 1 is 1.18 bits per heavy atom. The monoisotopic (exact) mass is 379 g/mol. The van der Waals surface area contributed by atoms with E-state index in [-0.39, 0.29) is 11.9 Å². The van der Waals surface area contributed by atoms with Gasteiger partial charge in [-0.05, 0) is 35.6 Å². The van der Waals surface area contributed by atoms with E-state index < -0.39 is 5.92 Å². The Bertz CT molecular complexity index is 789. The number of pyridine rings is 2. The molecule has 0 aromatic carbocycles. The van der Waals surface area contributed by atoms with Crippen molar-refractivity contribution in [2.24, 2.45) is 16.8 Å². The second kappa shape index (κ2) is 9.58. The van der Waals surface area contributed by atoms with Crippen molar-refractivity contribution in [3.63, 3.8) is 0 Å². The molecule has 2 aromatic heterocycles. The predicted molar refractivity (Wildman–Crippen MR) is 111 cm³/mol. The van der Waals surface area contributed by atoms with Gasteiger partial charge in [0.1, 0.15) is 5.92 Å². The summed E-state index contributed by atoms with van der Waals surface area (Å²) < 4.78 is 5.78. The summed E-state index contributed by atoms with van der Waals surface area (Å²) in [6, 6.07) is 7.85. The fourth-order valence-electron chi connectivity index (χ4n) is 3.93. The first-order valence-electron chi connectivity index (χ1n) is 10.2. The molecule has 0 aliphatic heterocycles. The standard InChI is InChI=1S/C23H29N3O2/c1-4-6-9-16(5-2)15-28-23(27)19(14-24-3)20-17-10-7-12-25-21(17)22-18(20)11-8-13-26-22/h7-8,10-14,16,19-20H,4-6,9,15H2,1-3H3. The maximum absolute atomic E-state index is 13.1. The number of rotatable bonds is 9. The number of hydrogen-bond acceptors (Lipinski definition) is 5. The topological polar surface area (TPSA) is 64.4 Å². The lowest BCUT2D eigenvalue weighted by Crippen LogP contribution is -2.27. The lowest BCUT2D eigenvalue weighted by atomic mass is 9.85. The van der Waals surface area contributed by atoms with E-state index in [2.05, 4.69) is 28.8 Å². The normalized spacial score (nSPS) is 15.2. The van der Waals surface area contributed by atoms with E-state index in [1.165, 1.54) is 0 Å². The van der Waals surface area contributed by atoms with Gasteiger partial charge in [-0.25, -0.2) is 0 Å². The van der Waals surface area contributed by atoms with Crippen molar-refractivity contribution in [3.05, 3.63) is 47.8 Å². The summed E-state index contributed by atoms with van der Waals surface area (Å²) >= 11 is 0. The molecule has 3 rings (SSSR count). The van der Waals surface area contributed by atoms with E-state index in [1.54, 1.807) is 25.7 Å². The third-order valence-corrected chi connectivity index (χ3v) is 5.52. The van der Waals surface area contributed by atoms with Crippen molar-refractivity contribution in [1.29, 1.82) is 0 Å². The third kappa shape index (κ3) is 4.13. The first-order chi connectivity index (χ1) is 13.7. The maximum atomic E-state index is 13.1. The van der Waals surface area contributed by atoms with Crippen LogP contribution in [0.1, 0.15) is 56.6 Å².